The molecule has 0 radical (unpaired) electrons. The molecule has 23 heavy (non-hydrogen) atoms. The van der Waals surface area contributed by atoms with Crippen LogP contribution in [0, 0.1) is 5.92 Å². The number of aliphatic carboxylic acids is 1. The van der Waals surface area contributed by atoms with Crippen LogP contribution >= 0.6 is 23.3 Å². The molecule has 2 N–H and O–H groups in total. The molecule has 1 heterocycles. The summed E-state index contributed by atoms with van der Waals surface area (Å²) in [5.74, 6) is -1.58. The van der Waals surface area contributed by atoms with E-state index in [2.05, 4.69) is 14.7 Å². The molecule has 1 atom stereocenters. The first kappa shape index (κ1) is 17.2. The van der Waals surface area contributed by atoms with Gasteiger partial charge in [-0.15, -0.1) is 0 Å². The summed E-state index contributed by atoms with van der Waals surface area (Å²) in [5.41, 5.74) is 0. The van der Waals surface area contributed by atoms with Crippen LogP contribution in [0.1, 0.15) is 6.92 Å². The number of urea groups is 1. The van der Waals surface area contributed by atoms with Crippen molar-refractivity contribution in [1.82, 2.24) is 14.3 Å². The van der Waals surface area contributed by atoms with Crippen LogP contribution in [0.3, 0.4) is 0 Å². The molecule has 0 bridgehead atoms. The lowest BCUT2D eigenvalue weighted by Gasteiger charge is -2.18. The summed E-state index contributed by atoms with van der Waals surface area (Å²) in [6.45, 7) is 1.66. The van der Waals surface area contributed by atoms with Crippen molar-refractivity contribution in [3.63, 3.8) is 0 Å². The van der Waals surface area contributed by atoms with Gasteiger partial charge in [0.05, 0.1) is 5.92 Å². The minimum atomic E-state index is -0.942. The second-order valence-electron chi connectivity index (χ2n) is 4.85. The number of anilines is 1. The van der Waals surface area contributed by atoms with Gasteiger partial charge in [0.2, 0.25) is 10.3 Å². The standard InChI is InChI=1S/C14H16N4O3S2/c1-9(11(19)20)8-18(2)14(21)16-12-15-13(17-23-12)22-10-6-4-3-5-7-10/h3-7,9H,8H2,1-2H3,(H,19,20)(H,15,16,17,21). The molecule has 7 nitrogen and oxygen atoms in total. The zero-order chi connectivity index (χ0) is 16.8. The molecule has 0 aliphatic heterocycles. The second kappa shape index (κ2) is 7.93. The van der Waals surface area contributed by atoms with Crippen LogP contribution in [0.2, 0.25) is 0 Å². The molecule has 2 amide bonds. The van der Waals surface area contributed by atoms with Crippen molar-refractivity contribution >= 4 is 40.4 Å². The molecule has 1 aromatic carbocycles. The monoisotopic (exact) mass is 352 g/mol. The van der Waals surface area contributed by atoms with Gasteiger partial charge >= 0.3 is 12.0 Å². The van der Waals surface area contributed by atoms with Gasteiger partial charge in [-0.05, 0) is 23.9 Å². The molecule has 0 saturated carbocycles. The third kappa shape index (κ3) is 5.22. The molecule has 0 saturated heterocycles. The zero-order valence-electron chi connectivity index (χ0n) is 12.6. The molecule has 0 spiro atoms. The highest BCUT2D eigenvalue weighted by atomic mass is 32.2. The molecule has 122 valence electrons. The molecule has 1 aromatic heterocycles. The average Bonchev–Trinajstić information content (AvgIpc) is 2.95. The van der Waals surface area contributed by atoms with Crippen molar-refractivity contribution in [1.29, 1.82) is 0 Å². The predicted octanol–water partition coefficient (Wildman–Crippen LogP) is 2.87. The number of carbonyl (C=O) groups excluding carboxylic acids is 1. The first-order chi connectivity index (χ1) is 11.0. The fraction of sp³-hybridized carbons (Fsp3) is 0.286. The highest BCUT2D eigenvalue weighted by Crippen LogP contribution is 2.27. The highest BCUT2D eigenvalue weighted by Gasteiger charge is 2.18. The minimum Gasteiger partial charge on any atom is -0.481 e. The Balaban J connectivity index is 1.91. The van der Waals surface area contributed by atoms with Crippen LogP contribution in [0.25, 0.3) is 0 Å². The van der Waals surface area contributed by atoms with E-state index >= 15 is 0 Å². The summed E-state index contributed by atoms with van der Waals surface area (Å²) in [5, 5.41) is 12.4. The van der Waals surface area contributed by atoms with Crippen molar-refractivity contribution in [3.05, 3.63) is 30.3 Å². The molecule has 2 rings (SSSR count). The molecule has 0 aliphatic carbocycles. The van der Waals surface area contributed by atoms with Crippen molar-refractivity contribution in [2.24, 2.45) is 5.92 Å². The van der Waals surface area contributed by atoms with E-state index in [0.717, 1.165) is 16.4 Å². The molecule has 1 unspecified atom stereocenters. The number of carboxylic acid groups (broad SMARTS) is 1. The molecule has 9 heteroatoms. The smallest absolute Gasteiger partial charge is 0.323 e. The number of amides is 2. The van der Waals surface area contributed by atoms with E-state index in [4.69, 9.17) is 5.11 Å². The number of carboxylic acids is 1. The molecule has 0 aliphatic rings. The lowest BCUT2D eigenvalue weighted by atomic mass is 10.2. The van der Waals surface area contributed by atoms with E-state index in [1.165, 1.54) is 23.7 Å². The third-order valence-corrected chi connectivity index (χ3v) is 4.51. The maximum absolute atomic E-state index is 12.0. The Bertz CT molecular complexity index is 678. The fourth-order valence-corrected chi connectivity index (χ4v) is 3.08. The van der Waals surface area contributed by atoms with E-state index in [9.17, 15) is 9.59 Å². The molecule has 2 aromatic rings. The normalized spacial score (nSPS) is 11.7. The number of aromatic nitrogens is 2. The number of nitrogens with one attached hydrogen (secondary N) is 1. The summed E-state index contributed by atoms with van der Waals surface area (Å²) in [7, 11) is 1.54. The topological polar surface area (TPSA) is 95.4 Å². The van der Waals surface area contributed by atoms with Crippen LogP contribution < -0.4 is 5.32 Å². The number of carbonyl (C=O) groups is 2. The van der Waals surface area contributed by atoms with E-state index in [1.807, 2.05) is 30.3 Å². The molecular formula is C14H16N4O3S2. The van der Waals surface area contributed by atoms with Crippen LogP contribution in [-0.2, 0) is 4.79 Å². The Labute approximate surface area is 141 Å². The van der Waals surface area contributed by atoms with Gasteiger partial charge in [0.1, 0.15) is 0 Å². The average molecular weight is 352 g/mol. The van der Waals surface area contributed by atoms with Crippen molar-refractivity contribution < 1.29 is 14.7 Å². The SMILES string of the molecule is CC(CN(C)C(=O)Nc1nc(Sc2ccccc2)ns1)C(=O)O. The summed E-state index contributed by atoms with van der Waals surface area (Å²) in [6.07, 6.45) is 0. The van der Waals surface area contributed by atoms with Gasteiger partial charge < -0.3 is 10.0 Å². The fourth-order valence-electron chi connectivity index (χ4n) is 1.65. The first-order valence-electron chi connectivity index (χ1n) is 6.77. The third-order valence-electron chi connectivity index (χ3n) is 2.89. The summed E-state index contributed by atoms with van der Waals surface area (Å²) < 4.78 is 4.18. The number of hydrogen-bond donors (Lipinski definition) is 2. The van der Waals surface area contributed by atoms with Crippen LogP contribution in [0.15, 0.2) is 40.4 Å². The van der Waals surface area contributed by atoms with Crippen LogP contribution in [-0.4, -0.2) is 45.0 Å². The molecule has 0 fully saturated rings. The van der Waals surface area contributed by atoms with Gasteiger partial charge in [0, 0.05) is 30.0 Å². The maximum atomic E-state index is 12.0. The van der Waals surface area contributed by atoms with E-state index in [0.29, 0.717) is 10.3 Å². The maximum Gasteiger partial charge on any atom is 0.323 e. The van der Waals surface area contributed by atoms with E-state index in [-0.39, 0.29) is 6.54 Å². The molecular weight excluding hydrogens is 336 g/mol. The van der Waals surface area contributed by atoms with E-state index in [1.54, 1.807) is 6.92 Å². The lowest BCUT2D eigenvalue weighted by molar-refractivity contribution is -0.141. The van der Waals surface area contributed by atoms with Gasteiger partial charge in [-0.1, -0.05) is 25.1 Å². The quantitative estimate of drug-likeness (QED) is 0.830. The largest absolute Gasteiger partial charge is 0.481 e. The number of rotatable bonds is 6. The van der Waals surface area contributed by atoms with Crippen LogP contribution in [0.4, 0.5) is 9.93 Å². The summed E-state index contributed by atoms with van der Waals surface area (Å²) in [4.78, 5) is 29.4. The number of benzene rings is 1. The Morgan fingerprint density at radius 3 is 2.74 bits per heavy atom. The zero-order valence-corrected chi connectivity index (χ0v) is 14.2. The van der Waals surface area contributed by atoms with Gasteiger partial charge in [-0.25, -0.2) is 4.79 Å². The summed E-state index contributed by atoms with van der Waals surface area (Å²) in [6, 6.07) is 9.27. The minimum absolute atomic E-state index is 0.117. The Morgan fingerprint density at radius 2 is 2.09 bits per heavy atom. The van der Waals surface area contributed by atoms with Crippen molar-refractivity contribution in [3.8, 4) is 0 Å². The number of nitrogens with zero attached hydrogens (tertiary/aromatic N) is 3. The van der Waals surface area contributed by atoms with Crippen molar-refractivity contribution in [2.45, 2.75) is 17.0 Å². The lowest BCUT2D eigenvalue weighted by Crippen LogP contribution is -2.36. The van der Waals surface area contributed by atoms with Gasteiger partial charge in [-0.3, -0.25) is 10.1 Å². The van der Waals surface area contributed by atoms with Crippen molar-refractivity contribution in [2.75, 3.05) is 18.9 Å². The first-order valence-corrected chi connectivity index (χ1v) is 8.36. The van der Waals surface area contributed by atoms with Crippen LogP contribution in [0.5, 0.6) is 0 Å². The second-order valence-corrected chi connectivity index (χ2v) is 6.64. The summed E-state index contributed by atoms with van der Waals surface area (Å²) >= 11 is 2.49. The highest BCUT2D eigenvalue weighted by molar-refractivity contribution is 7.99. The van der Waals surface area contributed by atoms with Gasteiger partial charge in [-0.2, -0.15) is 9.36 Å². The Hall–Kier alpha value is -2.13. The van der Waals surface area contributed by atoms with E-state index < -0.39 is 17.9 Å². The van der Waals surface area contributed by atoms with Gasteiger partial charge in [0.15, 0.2) is 0 Å². The Kier molecular flexibility index (Phi) is 5.94. The number of hydrogen-bond acceptors (Lipinski definition) is 6. The predicted molar refractivity (Wildman–Crippen MR) is 88.9 cm³/mol. The van der Waals surface area contributed by atoms with Gasteiger partial charge in [0.25, 0.3) is 0 Å². The Morgan fingerprint density at radius 1 is 1.39 bits per heavy atom.